The van der Waals surface area contributed by atoms with Gasteiger partial charge in [-0.2, -0.15) is 0 Å². The van der Waals surface area contributed by atoms with Crippen molar-refractivity contribution in [3.63, 3.8) is 0 Å². The molecule has 2 aliphatic rings. The second kappa shape index (κ2) is 6.20. The lowest BCUT2D eigenvalue weighted by atomic mass is 9.73. The van der Waals surface area contributed by atoms with Crippen molar-refractivity contribution >= 4 is 17.5 Å². The van der Waals surface area contributed by atoms with Crippen LogP contribution in [0.3, 0.4) is 0 Å². The normalized spacial score (nSPS) is 24.0. The molecule has 0 aliphatic carbocycles. The molecule has 1 aromatic heterocycles. The first-order valence-electron chi connectivity index (χ1n) is 8.91. The van der Waals surface area contributed by atoms with E-state index in [1.54, 1.807) is 4.90 Å². The van der Waals surface area contributed by atoms with Gasteiger partial charge in [0.25, 0.3) is 5.91 Å². The van der Waals surface area contributed by atoms with Gasteiger partial charge in [-0.15, -0.1) is 0 Å². The summed E-state index contributed by atoms with van der Waals surface area (Å²) in [6, 6.07) is 10.1. The monoisotopic (exact) mass is 353 g/mol. The third kappa shape index (κ3) is 2.32. The van der Waals surface area contributed by atoms with Gasteiger partial charge in [-0.25, -0.2) is 9.37 Å². The molecular weight excluding hydrogens is 333 g/mol. The van der Waals surface area contributed by atoms with E-state index in [-0.39, 0.29) is 23.6 Å². The highest BCUT2D eigenvalue weighted by atomic mass is 19.1. The number of amides is 2. The molecule has 2 aliphatic heterocycles. The average molecular weight is 353 g/mol. The first kappa shape index (κ1) is 16.7. The number of para-hydroxylation sites is 1. The van der Waals surface area contributed by atoms with Crippen LogP contribution in [-0.2, 0) is 10.2 Å². The fourth-order valence-corrected chi connectivity index (χ4v) is 4.37. The molecule has 0 bridgehead atoms. The average Bonchev–Trinajstić information content (AvgIpc) is 3.16. The third-order valence-electron chi connectivity index (χ3n) is 5.52. The second-order valence-corrected chi connectivity index (χ2v) is 6.89. The Balaban J connectivity index is 1.74. The van der Waals surface area contributed by atoms with Crippen molar-refractivity contribution < 1.29 is 14.0 Å². The van der Waals surface area contributed by atoms with Gasteiger partial charge < -0.3 is 10.2 Å². The molecule has 1 aromatic carbocycles. The Morgan fingerprint density at radius 2 is 2.15 bits per heavy atom. The van der Waals surface area contributed by atoms with E-state index in [1.807, 2.05) is 31.2 Å². The SMILES string of the molecule is CCC[C@@H]1N(C(=O)c2ccc(F)cn2)CC[C@]12C(=O)Nc1ccccc12. The molecule has 0 saturated carbocycles. The number of fused-ring (bicyclic) bond motifs is 2. The lowest BCUT2D eigenvalue weighted by Crippen LogP contribution is -2.48. The summed E-state index contributed by atoms with van der Waals surface area (Å²) in [6.45, 7) is 2.52. The molecule has 2 atom stereocenters. The highest BCUT2D eigenvalue weighted by molar-refractivity contribution is 6.08. The zero-order valence-corrected chi connectivity index (χ0v) is 14.5. The molecule has 4 rings (SSSR count). The number of carbonyl (C=O) groups is 2. The number of carbonyl (C=O) groups excluding carboxylic acids is 2. The molecular formula is C20H20FN3O2. The fourth-order valence-electron chi connectivity index (χ4n) is 4.37. The molecule has 2 aromatic rings. The van der Waals surface area contributed by atoms with Gasteiger partial charge in [0.15, 0.2) is 0 Å². The van der Waals surface area contributed by atoms with E-state index in [1.165, 1.54) is 12.1 Å². The van der Waals surface area contributed by atoms with Crippen LogP contribution in [0.2, 0.25) is 0 Å². The largest absolute Gasteiger partial charge is 0.333 e. The minimum absolute atomic E-state index is 0.0421. The Morgan fingerprint density at radius 3 is 2.88 bits per heavy atom. The molecule has 1 fully saturated rings. The Hall–Kier alpha value is -2.76. The number of halogens is 1. The minimum Gasteiger partial charge on any atom is -0.333 e. The number of likely N-dealkylation sites (tertiary alicyclic amines) is 1. The molecule has 1 saturated heterocycles. The number of hydrogen-bond donors (Lipinski definition) is 1. The number of aromatic nitrogens is 1. The zero-order valence-electron chi connectivity index (χ0n) is 14.5. The van der Waals surface area contributed by atoms with Crippen molar-refractivity contribution in [2.75, 3.05) is 11.9 Å². The molecule has 0 unspecified atom stereocenters. The first-order chi connectivity index (χ1) is 12.6. The van der Waals surface area contributed by atoms with Crippen LogP contribution < -0.4 is 5.32 Å². The number of rotatable bonds is 3. The summed E-state index contributed by atoms with van der Waals surface area (Å²) < 4.78 is 13.1. The number of benzene rings is 1. The van der Waals surface area contributed by atoms with Crippen molar-refractivity contribution in [1.29, 1.82) is 0 Å². The van der Waals surface area contributed by atoms with Crippen molar-refractivity contribution in [2.45, 2.75) is 37.6 Å². The number of anilines is 1. The standard InChI is InChI=1S/C20H20FN3O2/c1-2-5-17-20(14-6-3-4-7-15(14)23-19(20)26)10-11-24(17)18(25)16-9-8-13(21)12-22-16/h3-4,6-9,12,17H,2,5,10-11H2,1H3,(H,23,26)/t17-,20+/m0/s1. The topological polar surface area (TPSA) is 62.3 Å². The van der Waals surface area contributed by atoms with Gasteiger partial charge in [-0.3, -0.25) is 9.59 Å². The van der Waals surface area contributed by atoms with Gasteiger partial charge in [-0.05, 0) is 36.6 Å². The predicted molar refractivity (Wildman–Crippen MR) is 95.3 cm³/mol. The lowest BCUT2D eigenvalue weighted by Gasteiger charge is -2.33. The van der Waals surface area contributed by atoms with Crippen LogP contribution in [0.5, 0.6) is 0 Å². The van der Waals surface area contributed by atoms with Crippen LogP contribution in [0.15, 0.2) is 42.6 Å². The minimum atomic E-state index is -0.720. The summed E-state index contributed by atoms with van der Waals surface area (Å²) in [5.41, 5.74) is 1.28. The highest BCUT2D eigenvalue weighted by Gasteiger charge is 2.58. The Morgan fingerprint density at radius 1 is 1.35 bits per heavy atom. The van der Waals surface area contributed by atoms with Crippen LogP contribution in [0.4, 0.5) is 10.1 Å². The maximum Gasteiger partial charge on any atom is 0.272 e. The summed E-state index contributed by atoms with van der Waals surface area (Å²) >= 11 is 0. The molecule has 2 amide bonds. The van der Waals surface area contributed by atoms with Crippen molar-refractivity contribution in [3.8, 4) is 0 Å². The smallest absolute Gasteiger partial charge is 0.272 e. The fraction of sp³-hybridized carbons (Fsp3) is 0.350. The molecule has 26 heavy (non-hydrogen) atoms. The maximum atomic E-state index is 13.1. The van der Waals surface area contributed by atoms with E-state index >= 15 is 0 Å². The number of nitrogens with zero attached hydrogens (tertiary/aromatic N) is 2. The summed E-state index contributed by atoms with van der Waals surface area (Å²) in [6.07, 6.45) is 3.19. The maximum absolute atomic E-state index is 13.1. The van der Waals surface area contributed by atoms with Crippen molar-refractivity contribution in [1.82, 2.24) is 9.88 Å². The first-order valence-corrected chi connectivity index (χ1v) is 8.91. The molecule has 6 heteroatoms. The molecule has 1 spiro atoms. The van der Waals surface area contributed by atoms with E-state index in [4.69, 9.17) is 0 Å². The van der Waals surface area contributed by atoms with E-state index in [0.29, 0.717) is 19.4 Å². The van der Waals surface area contributed by atoms with Crippen LogP contribution in [0.1, 0.15) is 42.2 Å². The number of pyridine rings is 1. The third-order valence-corrected chi connectivity index (χ3v) is 5.52. The van der Waals surface area contributed by atoms with Crippen molar-refractivity contribution in [2.24, 2.45) is 0 Å². The number of nitrogens with one attached hydrogen (secondary N) is 1. The summed E-state index contributed by atoms with van der Waals surface area (Å²) in [5.74, 6) is -0.773. The predicted octanol–water partition coefficient (Wildman–Crippen LogP) is 3.13. The Labute approximate surface area is 151 Å². The van der Waals surface area contributed by atoms with E-state index in [0.717, 1.165) is 23.9 Å². The molecule has 3 heterocycles. The summed E-state index contributed by atoms with van der Waals surface area (Å²) in [5, 5.41) is 2.98. The van der Waals surface area contributed by atoms with Gasteiger partial charge in [0.05, 0.1) is 17.7 Å². The highest BCUT2D eigenvalue weighted by Crippen LogP contribution is 2.49. The van der Waals surface area contributed by atoms with Crippen LogP contribution in [-0.4, -0.2) is 34.3 Å². The van der Waals surface area contributed by atoms with Crippen LogP contribution in [0.25, 0.3) is 0 Å². The number of hydrogen-bond acceptors (Lipinski definition) is 3. The van der Waals surface area contributed by atoms with Crippen LogP contribution >= 0.6 is 0 Å². The van der Waals surface area contributed by atoms with Gasteiger partial charge in [-0.1, -0.05) is 31.5 Å². The van der Waals surface area contributed by atoms with Gasteiger partial charge in [0.2, 0.25) is 5.91 Å². The summed E-state index contributed by atoms with van der Waals surface area (Å²) in [7, 11) is 0. The molecule has 134 valence electrons. The Kier molecular flexibility index (Phi) is 3.98. The van der Waals surface area contributed by atoms with E-state index in [9.17, 15) is 14.0 Å². The van der Waals surface area contributed by atoms with Crippen LogP contribution in [0, 0.1) is 5.82 Å². The van der Waals surface area contributed by atoms with Gasteiger partial charge >= 0.3 is 0 Å². The summed E-state index contributed by atoms with van der Waals surface area (Å²) in [4.78, 5) is 31.7. The second-order valence-electron chi connectivity index (χ2n) is 6.89. The van der Waals surface area contributed by atoms with Gasteiger partial charge in [0.1, 0.15) is 11.5 Å². The molecule has 1 N–H and O–H groups in total. The van der Waals surface area contributed by atoms with E-state index < -0.39 is 11.2 Å². The quantitative estimate of drug-likeness (QED) is 0.922. The van der Waals surface area contributed by atoms with Gasteiger partial charge in [0, 0.05) is 12.2 Å². The Bertz CT molecular complexity index is 868. The zero-order chi connectivity index (χ0) is 18.3. The molecule has 0 radical (unpaired) electrons. The van der Waals surface area contributed by atoms with Crippen molar-refractivity contribution in [3.05, 3.63) is 59.7 Å². The van der Waals surface area contributed by atoms with E-state index in [2.05, 4.69) is 10.3 Å². The lowest BCUT2D eigenvalue weighted by molar-refractivity contribution is -0.121. The molecule has 5 nitrogen and oxygen atoms in total.